The summed E-state index contributed by atoms with van der Waals surface area (Å²) in [7, 11) is 0. The molecule has 0 unspecified atom stereocenters. The highest BCUT2D eigenvalue weighted by atomic mass is 16.4. The molecule has 1 aromatic heterocycles. The van der Waals surface area contributed by atoms with Gasteiger partial charge in [-0.15, -0.1) is 0 Å². The zero-order chi connectivity index (χ0) is 37.4. The fourth-order valence-electron chi connectivity index (χ4n) is 6.91. The standard InChI is InChI=1S/C36H22O16/c37-22-19(27(42)28(43)21-20(22)29(44)35(50)36(51)30(21)45)14-17-15(23(38)31(46)33(48)25(17)40)13(16-18(14)26(41)34(49)32(47)24(16)39)8-5-6-12-10(7-8)9-3-1-2-4-11(9)52-12/h1-7,37-51H. The van der Waals surface area contributed by atoms with Gasteiger partial charge >= 0.3 is 0 Å². The first kappa shape index (κ1) is 31.4. The Bertz CT molecular complexity index is 2880. The summed E-state index contributed by atoms with van der Waals surface area (Å²) in [5.41, 5.74) is -1.65. The molecule has 52 heavy (non-hydrogen) atoms. The summed E-state index contributed by atoms with van der Waals surface area (Å²) in [6, 6.07) is 11.2. The number of aromatic hydroxyl groups is 15. The Morgan fingerprint density at radius 3 is 1.17 bits per heavy atom. The Morgan fingerprint density at radius 2 is 0.673 bits per heavy atom. The van der Waals surface area contributed by atoms with Crippen molar-refractivity contribution in [3.63, 3.8) is 0 Å². The van der Waals surface area contributed by atoms with Crippen LogP contribution >= 0.6 is 0 Å². The Kier molecular flexibility index (Phi) is 6.08. The normalized spacial score (nSPS) is 11.8. The molecule has 262 valence electrons. The van der Waals surface area contributed by atoms with E-state index < -0.39 is 135 Å². The first-order valence-electron chi connectivity index (χ1n) is 14.8. The van der Waals surface area contributed by atoms with E-state index in [4.69, 9.17) is 4.42 Å². The first-order chi connectivity index (χ1) is 24.6. The molecule has 8 rings (SSSR count). The van der Waals surface area contributed by atoms with E-state index in [9.17, 15) is 76.6 Å². The number of furan rings is 1. The van der Waals surface area contributed by atoms with Crippen molar-refractivity contribution in [2.24, 2.45) is 0 Å². The number of fused-ring (bicyclic) bond motifs is 6. The molecule has 0 spiro atoms. The zero-order valence-corrected chi connectivity index (χ0v) is 25.7. The number of phenols is 15. The summed E-state index contributed by atoms with van der Waals surface area (Å²) in [6.07, 6.45) is 0. The maximum atomic E-state index is 11.6. The van der Waals surface area contributed by atoms with E-state index >= 15 is 0 Å². The quantitative estimate of drug-likeness (QED) is 0.0558. The van der Waals surface area contributed by atoms with Gasteiger partial charge in [0.15, 0.2) is 46.0 Å². The smallest absolute Gasteiger partial charge is 0.205 e. The summed E-state index contributed by atoms with van der Waals surface area (Å²) in [5.74, 6) is -20.2. The van der Waals surface area contributed by atoms with Crippen LogP contribution in [0.1, 0.15) is 0 Å². The second-order valence-electron chi connectivity index (χ2n) is 11.9. The number of benzene rings is 7. The van der Waals surface area contributed by atoms with E-state index in [1.54, 1.807) is 24.3 Å². The van der Waals surface area contributed by atoms with E-state index in [1.165, 1.54) is 18.2 Å². The molecule has 0 aliphatic heterocycles. The molecular weight excluding hydrogens is 688 g/mol. The van der Waals surface area contributed by atoms with Crippen molar-refractivity contribution in [1.82, 2.24) is 0 Å². The van der Waals surface area contributed by atoms with Gasteiger partial charge in [-0.25, -0.2) is 0 Å². The summed E-state index contributed by atoms with van der Waals surface area (Å²) in [6.45, 7) is 0. The lowest BCUT2D eigenvalue weighted by Gasteiger charge is -2.24. The SMILES string of the molecule is Oc1c(O)c(O)c2c(O)c(-c3c4c(O)c(O)c(O)c(O)c4c(-c4ccc5oc6ccccc6c5c4)c4c(O)c(O)c(O)c(O)c34)c(O)c(O)c2c1O. The summed E-state index contributed by atoms with van der Waals surface area (Å²) < 4.78 is 5.88. The van der Waals surface area contributed by atoms with E-state index in [-0.39, 0.29) is 5.56 Å². The van der Waals surface area contributed by atoms with Crippen LogP contribution in [-0.4, -0.2) is 76.6 Å². The van der Waals surface area contributed by atoms with Crippen molar-refractivity contribution in [2.75, 3.05) is 0 Å². The number of hydrogen-bond acceptors (Lipinski definition) is 16. The average Bonchev–Trinajstić information content (AvgIpc) is 3.51. The van der Waals surface area contributed by atoms with Gasteiger partial charge in [0.25, 0.3) is 0 Å². The van der Waals surface area contributed by atoms with Crippen molar-refractivity contribution >= 4 is 54.3 Å². The molecule has 0 atom stereocenters. The van der Waals surface area contributed by atoms with Crippen LogP contribution in [0.3, 0.4) is 0 Å². The van der Waals surface area contributed by atoms with Crippen molar-refractivity contribution < 1.29 is 81.0 Å². The van der Waals surface area contributed by atoms with Gasteiger partial charge in [-0.05, 0) is 23.8 Å². The largest absolute Gasteiger partial charge is 0.506 e. The summed E-state index contributed by atoms with van der Waals surface area (Å²) in [5, 5.41) is 161. The molecule has 0 fully saturated rings. The lowest BCUT2D eigenvalue weighted by atomic mass is 9.82. The minimum Gasteiger partial charge on any atom is -0.506 e. The zero-order valence-electron chi connectivity index (χ0n) is 25.7. The highest BCUT2D eigenvalue weighted by Crippen LogP contribution is 2.66. The van der Waals surface area contributed by atoms with E-state index in [2.05, 4.69) is 0 Å². The van der Waals surface area contributed by atoms with Crippen LogP contribution in [0.5, 0.6) is 86.2 Å². The van der Waals surface area contributed by atoms with Gasteiger partial charge < -0.3 is 81.0 Å². The number of phenolic OH excluding ortho intramolecular Hbond substituents is 15. The molecule has 0 radical (unpaired) electrons. The molecule has 1 heterocycles. The maximum Gasteiger partial charge on any atom is 0.205 e. The molecule has 0 saturated carbocycles. The fraction of sp³-hybridized carbons (Fsp3) is 0. The summed E-state index contributed by atoms with van der Waals surface area (Å²) in [4.78, 5) is 0. The lowest BCUT2D eigenvalue weighted by molar-refractivity contribution is 0.347. The van der Waals surface area contributed by atoms with Gasteiger partial charge in [-0.3, -0.25) is 0 Å². The van der Waals surface area contributed by atoms with Gasteiger partial charge in [-0.1, -0.05) is 24.3 Å². The predicted molar refractivity (Wildman–Crippen MR) is 182 cm³/mol. The predicted octanol–water partition coefficient (Wildman–Crippen LogP) is 5.96. The first-order valence-corrected chi connectivity index (χ1v) is 14.8. The molecule has 0 aliphatic rings. The lowest BCUT2D eigenvalue weighted by Crippen LogP contribution is -1.96. The van der Waals surface area contributed by atoms with Crippen molar-refractivity contribution in [3.05, 3.63) is 42.5 Å². The Labute approximate surface area is 286 Å². The maximum absolute atomic E-state index is 11.6. The molecule has 0 saturated heterocycles. The van der Waals surface area contributed by atoms with Crippen molar-refractivity contribution in [1.29, 1.82) is 0 Å². The highest BCUT2D eigenvalue weighted by molar-refractivity contribution is 6.31. The third-order valence-electron chi connectivity index (χ3n) is 9.28. The minimum absolute atomic E-state index is 0.0120. The van der Waals surface area contributed by atoms with E-state index in [0.29, 0.717) is 21.9 Å². The fourth-order valence-corrected chi connectivity index (χ4v) is 6.91. The second kappa shape index (κ2) is 10.1. The van der Waals surface area contributed by atoms with Crippen LogP contribution in [0.2, 0.25) is 0 Å². The molecule has 16 heteroatoms. The Morgan fingerprint density at radius 1 is 0.288 bits per heavy atom. The number of para-hydroxylation sites is 1. The van der Waals surface area contributed by atoms with Crippen LogP contribution in [-0.2, 0) is 0 Å². The summed E-state index contributed by atoms with van der Waals surface area (Å²) >= 11 is 0. The van der Waals surface area contributed by atoms with E-state index in [0.717, 1.165) is 0 Å². The van der Waals surface area contributed by atoms with Gasteiger partial charge in [0.05, 0.1) is 16.3 Å². The van der Waals surface area contributed by atoms with Gasteiger partial charge in [0.2, 0.25) is 34.5 Å². The average molecular weight is 711 g/mol. The third-order valence-corrected chi connectivity index (χ3v) is 9.28. The molecule has 7 aromatic carbocycles. The monoisotopic (exact) mass is 710 g/mol. The molecule has 0 amide bonds. The van der Waals surface area contributed by atoms with E-state index in [1.807, 2.05) is 0 Å². The van der Waals surface area contributed by atoms with Crippen LogP contribution in [0, 0.1) is 0 Å². The third kappa shape index (κ3) is 3.63. The van der Waals surface area contributed by atoms with Crippen LogP contribution < -0.4 is 0 Å². The van der Waals surface area contributed by atoms with Crippen molar-refractivity contribution in [2.45, 2.75) is 0 Å². The Hall–Kier alpha value is -7.88. The number of hydrogen-bond donors (Lipinski definition) is 15. The highest BCUT2D eigenvalue weighted by Gasteiger charge is 2.36. The number of rotatable bonds is 2. The molecule has 0 bridgehead atoms. The van der Waals surface area contributed by atoms with Gasteiger partial charge in [0.1, 0.15) is 16.9 Å². The molecule has 16 nitrogen and oxygen atoms in total. The minimum atomic E-state index is -1.44. The topological polar surface area (TPSA) is 317 Å². The van der Waals surface area contributed by atoms with Gasteiger partial charge in [-0.2, -0.15) is 0 Å². The second-order valence-corrected chi connectivity index (χ2v) is 11.9. The molecule has 15 N–H and O–H groups in total. The molecule has 0 aliphatic carbocycles. The van der Waals surface area contributed by atoms with Crippen LogP contribution in [0.25, 0.3) is 76.5 Å². The van der Waals surface area contributed by atoms with Crippen molar-refractivity contribution in [3.8, 4) is 108 Å². The van der Waals surface area contributed by atoms with Crippen LogP contribution in [0.15, 0.2) is 46.9 Å². The van der Waals surface area contributed by atoms with Crippen LogP contribution in [0.4, 0.5) is 0 Å². The van der Waals surface area contributed by atoms with Gasteiger partial charge in [0, 0.05) is 43.4 Å². The Balaban J connectivity index is 1.71. The molecule has 8 aromatic rings. The molecular formula is C36H22O16.